The van der Waals surface area contributed by atoms with Crippen molar-refractivity contribution in [3.8, 4) is 0 Å². The molecule has 0 saturated carbocycles. The molecule has 1 saturated heterocycles. The molecule has 2 amide bonds. The molecule has 0 aromatic carbocycles. The quantitative estimate of drug-likeness (QED) is 0.571. The second kappa shape index (κ2) is 7.51. The molecular formula is C10H18N2O3S. The van der Waals surface area contributed by atoms with Crippen molar-refractivity contribution < 1.29 is 14.7 Å². The Morgan fingerprint density at radius 2 is 2.19 bits per heavy atom. The number of aliphatic hydroxyl groups is 1. The predicted octanol–water partition coefficient (Wildman–Crippen LogP) is 0.480. The average molecular weight is 246 g/mol. The highest BCUT2D eigenvalue weighted by atomic mass is 32.2. The number of rotatable bonds is 7. The average Bonchev–Trinajstić information content (AvgIpc) is 2.70. The number of hydrogen-bond acceptors (Lipinski definition) is 4. The smallest absolute Gasteiger partial charge is 0.279 e. The van der Waals surface area contributed by atoms with Gasteiger partial charge >= 0.3 is 0 Å². The van der Waals surface area contributed by atoms with Crippen LogP contribution in [-0.4, -0.2) is 41.2 Å². The maximum absolute atomic E-state index is 11.5. The number of amides is 2. The molecule has 0 aromatic heterocycles. The first-order valence-corrected chi connectivity index (χ1v) is 6.54. The van der Waals surface area contributed by atoms with Crippen LogP contribution in [0.15, 0.2) is 0 Å². The number of nitrogens with one attached hydrogen (secondary N) is 2. The van der Waals surface area contributed by atoms with Crippen LogP contribution in [0.25, 0.3) is 0 Å². The summed E-state index contributed by atoms with van der Waals surface area (Å²) in [5, 5.41) is 13.8. The molecule has 1 aliphatic heterocycles. The van der Waals surface area contributed by atoms with Gasteiger partial charge in [-0.25, -0.2) is 0 Å². The Morgan fingerprint density at radius 1 is 1.44 bits per heavy atom. The van der Waals surface area contributed by atoms with Crippen molar-refractivity contribution >= 4 is 22.9 Å². The lowest BCUT2D eigenvalue weighted by atomic mass is 10.2. The van der Waals surface area contributed by atoms with Crippen LogP contribution in [0.3, 0.4) is 0 Å². The number of aliphatic hydroxyl groups excluding tert-OH is 1. The minimum atomic E-state index is -0.366. The van der Waals surface area contributed by atoms with Gasteiger partial charge in [-0.3, -0.25) is 9.59 Å². The van der Waals surface area contributed by atoms with Crippen LogP contribution < -0.4 is 10.6 Å². The molecule has 1 fully saturated rings. The van der Waals surface area contributed by atoms with Gasteiger partial charge in [0, 0.05) is 18.9 Å². The second-order valence-corrected chi connectivity index (χ2v) is 4.72. The van der Waals surface area contributed by atoms with E-state index in [9.17, 15) is 9.59 Å². The van der Waals surface area contributed by atoms with Gasteiger partial charge in [0.25, 0.3) is 5.24 Å². The summed E-state index contributed by atoms with van der Waals surface area (Å²) in [4.78, 5) is 22.4. The summed E-state index contributed by atoms with van der Waals surface area (Å²) in [6.45, 7) is 0.874. The van der Waals surface area contributed by atoms with Gasteiger partial charge in [-0.05, 0) is 12.8 Å². The Labute approximate surface area is 99.4 Å². The van der Waals surface area contributed by atoms with Crippen LogP contribution in [0.4, 0.5) is 4.79 Å². The molecule has 0 aliphatic carbocycles. The molecule has 0 bridgehead atoms. The van der Waals surface area contributed by atoms with Crippen molar-refractivity contribution in [2.24, 2.45) is 0 Å². The van der Waals surface area contributed by atoms with Crippen LogP contribution >= 0.6 is 11.8 Å². The van der Waals surface area contributed by atoms with Gasteiger partial charge in [-0.2, -0.15) is 0 Å². The standard InChI is InChI=1S/C10H18N2O3S/c13-6-4-2-1-3-5-11-9(14)8-7-16-10(15)12-8/h8,13H,1-7H2,(H,11,14)(H,12,15). The van der Waals surface area contributed by atoms with E-state index in [1.165, 1.54) is 0 Å². The molecule has 1 rings (SSSR count). The van der Waals surface area contributed by atoms with Gasteiger partial charge in [0.2, 0.25) is 5.91 Å². The highest BCUT2D eigenvalue weighted by Crippen LogP contribution is 2.12. The van der Waals surface area contributed by atoms with E-state index in [0.29, 0.717) is 12.3 Å². The molecule has 0 radical (unpaired) electrons. The van der Waals surface area contributed by atoms with Gasteiger partial charge in [0.1, 0.15) is 6.04 Å². The van der Waals surface area contributed by atoms with Crippen LogP contribution in [0.2, 0.25) is 0 Å². The van der Waals surface area contributed by atoms with Crippen molar-refractivity contribution in [1.29, 1.82) is 0 Å². The highest BCUT2D eigenvalue weighted by molar-refractivity contribution is 8.14. The minimum absolute atomic E-state index is 0.0968. The van der Waals surface area contributed by atoms with Crippen molar-refractivity contribution in [2.45, 2.75) is 31.7 Å². The van der Waals surface area contributed by atoms with Crippen molar-refractivity contribution in [2.75, 3.05) is 18.9 Å². The van der Waals surface area contributed by atoms with Gasteiger partial charge in [-0.15, -0.1) is 0 Å². The molecule has 1 atom stereocenters. The van der Waals surface area contributed by atoms with E-state index < -0.39 is 0 Å². The third kappa shape index (κ3) is 4.85. The van der Waals surface area contributed by atoms with E-state index in [0.717, 1.165) is 37.4 Å². The van der Waals surface area contributed by atoms with E-state index >= 15 is 0 Å². The lowest BCUT2D eigenvalue weighted by Crippen LogP contribution is -2.43. The Morgan fingerprint density at radius 3 is 2.81 bits per heavy atom. The van der Waals surface area contributed by atoms with Crippen molar-refractivity contribution in [3.05, 3.63) is 0 Å². The van der Waals surface area contributed by atoms with Crippen molar-refractivity contribution in [3.63, 3.8) is 0 Å². The number of unbranched alkanes of at least 4 members (excludes halogenated alkanes) is 3. The first kappa shape index (κ1) is 13.3. The summed E-state index contributed by atoms with van der Waals surface area (Å²) < 4.78 is 0. The number of carbonyl (C=O) groups excluding carboxylic acids is 2. The van der Waals surface area contributed by atoms with E-state index in [1.54, 1.807) is 0 Å². The maximum atomic E-state index is 11.5. The molecule has 1 unspecified atom stereocenters. The molecule has 16 heavy (non-hydrogen) atoms. The van der Waals surface area contributed by atoms with Crippen molar-refractivity contribution in [1.82, 2.24) is 10.6 Å². The maximum Gasteiger partial charge on any atom is 0.279 e. The molecule has 1 aliphatic rings. The molecule has 1 heterocycles. The fourth-order valence-electron chi connectivity index (χ4n) is 1.45. The topological polar surface area (TPSA) is 78.4 Å². The minimum Gasteiger partial charge on any atom is -0.396 e. The Bertz CT molecular complexity index is 248. The number of hydrogen-bond donors (Lipinski definition) is 3. The highest BCUT2D eigenvalue weighted by Gasteiger charge is 2.27. The third-order valence-electron chi connectivity index (χ3n) is 2.37. The summed E-state index contributed by atoms with van der Waals surface area (Å²) in [5.41, 5.74) is 0. The zero-order chi connectivity index (χ0) is 11.8. The Kier molecular flexibility index (Phi) is 6.25. The SMILES string of the molecule is O=C1NC(C(=O)NCCCCCCO)CS1. The molecular weight excluding hydrogens is 228 g/mol. The lowest BCUT2D eigenvalue weighted by Gasteiger charge is -2.09. The van der Waals surface area contributed by atoms with Crippen LogP contribution in [0.1, 0.15) is 25.7 Å². The van der Waals surface area contributed by atoms with Gasteiger partial charge in [0.15, 0.2) is 0 Å². The Balaban J connectivity index is 2.00. The first-order valence-electron chi connectivity index (χ1n) is 5.56. The largest absolute Gasteiger partial charge is 0.396 e. The summed E-state index contributed by atoms with van der Waals surface area (Å²) in [7, 11) is 0. The summed E-state index contributed by atoms with van der Waals surface area (Å²) in [6.07, 6.45) is 3.73. The van der Waals surface area contributed by atoms with Crippen LogP contribution in [-0.2, 0) is 4.79 Å². The third-order valence-corrected chi connectivity index (χ3v) is 3.25. The van der Waals surface area contributed by atoms with E-state index in [4.69, 9.17) is 5.11 Å². The van der Waals surface area contributed by atoms with Gasteiger partial charge < -0.3 is 15.7 Å². The normalized spacial score (nSPS) is 19.6. The number of carbonyl (C=O) groups is 2. The molecule has 0 aromatic rings. The molecule has 92 valence electrons. The van der Waals surface area contributed by atoms with E-state index in [2.05, 4.69) is 10.6 Å². The fourth-order valence-corrected chi connectivity index (χ4v) is 2.23. The summed E-state index contributed by atoms with van der Waals surface area (Å²) >= 11 is 1.15. The first-order chi connectivity index (χ1) is 7.74. The zero-order valence-electron chi connectivity index (χ0n) is 9.20. The number of thioether (sulfide) groups is 1. The van der Waals surface area contributed by atoms with Crippen LogP contribution in [0, 0.1) is 0 Å². The monoisotopic (exact) mass is 246 g/mol. The summed E-state index contributed by atoms with van der Waals surface area (Å²) in [6, 6.07) is -0.366. The molecule has 0 spiro atoms. The summed E-state index contributed by atoms with van der Waals surface area (Å²) in [5.74, 6) is 0.426. The fraction of sp³-hybridized carbons (Fsp3) is 0.800. The molecule has 3 N–H and O–H groups in total. The lowest BCUT2D eigenvalue weighted by molar-refractivity contribution is -0.122. The van der Waals surface area contributed by atoms with Gasteiger partial charge in [0.05, 0.1) is 0 Å². The molecule has 6 heteroatoms. The zero-order valence-corrected chi connectivity index (χ0v) is 10.0. The predicted molar refractivity (Wildman–Crippen MR) is 63.3 cm³/mol. The van der Waals surface area contributed by atoms with Gasteiger partial charge in [-0.1, -0.05) is 24.6 Å². The Hall–Kier alpha value is -0.750. The van der Waals surface area contributed by atoms with Crippen LogP contribution in [0.5, 0.6) is 0 Å². The van der Waals surface area contributed by atoms with E-state index in [1.807, 2.05) is 0 Å². The van der Waals surface area contributed by atoms with E-state index in [-0.39, 0.29) is 23.8 Å². The second-order valence-electron chi connectivity index (χ2n) is 3.72. The molecule has 5 nitrogen and oxygen atoms in total.